The van der Waals surface area contributed by atoms with Crippen molar-refractivity contribution in [1.29, 1.82) is 0 Å². The molecule has 1 heterocycles. The maximum atomic E-state index is 12.5. The fraction of sp³-hybridized carbons (Fsp3) is 0.278. The predicted octanol–water partition coefficient (Wildman–Crippen LogP) is 3.52. The van der Waals surface area contributed by atoms with Crippen LogP contribution in [0, 0.1) is 0 Å². The average Bonchev–Trinajstić information content (AvgIpc) is 2.53. The summed E-state index contributed by atoms with van der Waals surface area (Å²) in [5, 5.41) is 6.01. The number of aromatic nitrogens is 1. The summed E-state index contributed by atoms with van der Waals surface area (Å²) >= 11 is 5.96. The first-order valence-corrected chi connectivity index (χ1v) is 8.00. The molecule has 0 aliphatic rings. The molecule has 0 spiro atoms. The van der Waals surface area contributed by atoms with Crippen molar-refractivity contribution < 1.29 is 14.3 Å². The normalized spacial score (nSPS) is 10.9. The van der Waals surface area contributed by atoms with E-state index in [9.17, 15) is 9.59 Å². The molecular weight excluding hydrogens is 342 g/mol. The number of amides is 2. The molecular formula is C18H20ClN3O3. The first-order valence-electron chi connectivity index (χ1n) is 7.62. The molecule has 7 heteroatoms. The third-order valence-corrected chi connectivity index (χ3v) is 3.40. The standard InChI is InChI=1S/C18H20ClN3O3/c1-18(2,3)22-17(24)12-7-11(9-20-10-12)16(23)21-14-8-13(19)5-6-15(14)25-4/h5-10H,1-4H3,(H,21,23)(H,22,24). The van der Waals surface area contributed by atoms with E-state index in [-0.39, 0.29) is 17.0 Å². The summed E-state index contributed by atoms with van der Waals surface area (Å²) in [6.45, 7) is 5.63. The van der Waals surface area contributed by atoms with Crippen LogP contribution in [0.1, 0.15) is 41.5 Å². The van der Waals surface area contributed by atoms with Crippen LogP contribution in [-0.2, 0) is 0 Å². The largest absolute Gasteiger partial charge is 0.495 e. The molecule has 0 radical (unpaired) electrons. The molecule has 0 unspecified atom stereocenters. The van der Waals surface area contributed by atoms with Crippen LogP contribution in [0.15, 0.2) is 36.7 Å². The lowest BCUT2D eigenvalue weighted by Crippen LogP contribution is -2.40. The molecule has 6 nitrogen and oxygen atoms in total. The molecule has 25 heavy (non-hydrogen) atoms. The van der Waals surface area contributed by atoms with Crippen molar-refractivity contribution in [1.82, 2.24) is 10.3 Å². The van der Waals surface area contributed by atoms with E-state index in [1.54, 1.807) is 18.2 Å². The summed E-state index contributed by atoms with van der Waals surface area (Å²) in [5.41, 5.74) is 0.609. The molecule has 0 saturated carbocycles. The Morgan fingerprint density at radius 1 is 1.08 bits per heavy atom. The van der Waals surface area contributed by atoms with E-state index in [1.807, 2.05) is 20.8 Å². The second kappa shape index (κ2) is 7.53. The molecule has 2 aromatic rings. The molecule has 0 saturated heterocycles. The minimum absolute atomic E-state index is 0.253. The van der Waals surface area contributed by atoms with Gasteiger partial charge < -0.3 is 15.4 Å². The molecule has 0 fully saturated rings. The highest BCUT2D eigenvalue weighted by molar-refractivity contribution is 6.31. The van der Waals surface area contributed by atoms with Gasteiger partial charge in [0.2, 0.25) is 0 Å². The SMILES string of the molecule is COc1ccc(Cl)cc1NC(=O)c1cncc(C(=O)NC(C)(C)C)c1. The van der Waals surface area contributed by atoms with E-state index in [0.717, 1.165) is 0 Å². The molecule has 0 bridgehead atoms. The molecule has 2 N–H and O–H groups in total. The van der Waals surface area contributed by atoms with Gasteiger partial charge in [0.1, 0.15) is 5.75 Å². The molecule has 0 atom stereocenters. The zero-order chi connectivity index (χ0) is 18.6. The van der Waals surface area contributed by atoms with Crippen LogP contribution in [0.25, 0.3) is 0 Å². The summed E-state index contributed by atoms with van der Waals surface area (Å²) in [6.07, 6.45) is 2.80. The Morgan fingerprint density at radius 3 is 2.32 bits per heavy atom. The van der Waals surface area contributed by atoms with Gasteiger partial charge in [-0.15, -0.1) is 0 Å². The van der Waals surface area contributed by atoms with Gasteiger partial charge in [-0.05, 0) is 45.0 Å². The molecule has 0 aliphatic carbocycles. The Hall–Kier alpha value is -2.60. The zero-order valence-corrected chi connectivity index (χ0v) is 15.3. The summed E-state index contributed by atoms with van der Waals surface area (Å²) in [4.78, 5) is 28.7. The van der Waals surface area contributed by atoms with Gasteiger partial charge in [-0.25, -0.2) is 0 Å². The highest BCUT2D eigenvalue weighted by Gasteiger charge is 2.17. The number of hydrogen-bond acceptors (Lipinski definition) is 4. The quantitative estimate of drug-likeness (QED) is 0.873. The summed E-state index contributed by atoms with van der Waals surface area (Å²) in [6, 6.07) is 6.39. The minimum Gasteiger partial charge on any atom is -0.495 e. The smallest absolute Gasteiger partial charge is 0.257 e. The van der Waals surface area contributed by atoms with Gasteiger partial charge in [0, 0.05) is 23.0 Å². The maximum Gasteiger partial charge on any atom is 0.257 e. The highest BCUT2D eigenvalue weighted by Crippen LogP contribution is 2.28. The fourth-order valence-electron chi connectivity index (χ4n) is 2.07. The van der Waals surface area contributed by atoms with E-state index in [1.165, 1.54) is 25.6 Å². The number of rotatable bonds is 4. The van der Waals surface area contributed by atoms with Crippen LogP contribution >= 0.6 is 11.6 Å². The second-order valence-corrected chi connectivity index (χ2v) is 6.90. The van der Waals surface area contributed by atoms with Crippen molar-refractivity contribution in [2.75, 3.05) is 12.4 Å². The van der Waals surface area contributed by atoms with Crippen LogP contribution in [0.4, 0.5) is 5.69 Å². The number of ether oxygens (including phenoxy) is 1. The number of methoxy groups -OCH3 is 1. The van der Waals surface area contributed by atoms with E-state index >= 15 is 0 Å². The van der Waals surface area contributed by atoms with Gasteiger partial charge in [0.05, 0.1) is 23.9 Å². The molecule has 2 rings (SSSR count). The van der Waals surface area contributed by atoms with Crippen molar-refractivity contribution in [2.24, 2.45) is 0 Å². The van der Waals surface area contributed by atoms with Crippen molar-refractivity contribution in [3.63, 3.8) is 0 Å². The van der Waals surface area contributed by atoms with Crippen LogP contribution in [0.2, 0.25) is 5.02 Å². The average molecular weight is 362 g/mol. The van der Waals surface area contributed by atoms with E-state index in [2.05, 4.69) is 15.6 Å². The molecule has 1 aromatic carbocycles. The van der Waals surface area contributed by atoms with Crippen molar-refractivity contribution in [3.8, 4) is 5.75 Å². The monoisotopic (exact) mass is 361 g/mol. The lowest BCUT2D eigenvalue weighted by Gasteiger charge is -2.20. The molecule has 2 amide bonds. The maximum absolute atomic E-state index is 12.5. The van der Waals surface area contributed by atoms with E-state index in [4.69, 9.17) is 16.3 Å². The number of nitrogens with one attached hydrogen (secondary N) is 2. The third-order valence-electron chi connectivity index (χ3n) is 3.16. The van der Waals surface area contributed by atoms with Crippen LogP contribution in [0.3, 0.4) is 0 Å². The molecule has 0 aliphatic heterocycles. The van der Waals surface area contributed by atoms with Gasteiger partial charge in [0.15, 0.2) is 0 Å². The van der Waals surface area contributed by atoms with E-state index < -0.39 is 5.91 Å². The topological polar surface area (TPSA) is 80.3 Å². The number of hydrogen-bond donors (Lipinski definition) is 2. The first-order chi connectivity index (χ1) is 11.7. The van der Waals surface area contributed by atoms with Gasteiger partial charge in [-0.3, -0.25) is 14.6 Å². The zero-order valence-electron chi connectivity index (χ0n) is 14.5. The van der Waals surface area contributed by atoms with Crippen LogP contribution in [0.5, 0.6) is 5.75 Å². The Labute approximate surface area is 151 Å². The predicted molar refractivity (Wildman–Crippen MR) is 97.4 cm³/mol. The lowest BCUT2D eigenvalue weighted by molar-refractivity contribution is 0.0919. The second-order valence-electron chi connectivity index (χ2n) is 6.47. The van der Waals surface area contributed by atoms with Gasteiger partial charge in [-0.1, -0.05) is 11.6 Å². The lowest BCUT2D eigenvalue weighted by atomic mass is 10.1. The van der Waals surface area contributed by atoms with Crippen molar-refractivity contribution >= 4 is 29.1 Å². The first kappa shape index (κ1) is 18.7. The Balaban J connectivity index is 2.22. The van der Waals surface area contributed by atoms with Crippen molar-refractivity contribution in [2.45, 2.75) is 26.3 Å². The van der Waals surface area contributed by atoms with Gasteiger partial charge in [0.25, 0.3) is 11.8 Å². The third kappa shape index (κ3) is 5.19. The number of benzene rings is 1. The number of carbonyl (C=O) groups is 2. The number of carbonyl (C=O) groups excluding carboxylic acids is 2. The fourth-order valence-corrected chi connectivity index (χ4v) is 2.25. The number of nitrogens with zero attached hydrogens (tertiary/aromatic N) is 1. The summed E-state index contributed by atoms with van der Waals surface area (Å²) < 4.78 is 5.20. The van der Waals surface area contributed by atoms with E-state index in [0.29, 0.717) is 22.0 Å². The number of halogens is 1. The highest BCUT2D eigenvalue weighted by atomic mass is 35.5. The Bertz CT molecular complexity index is 800. The van der Waals surface area contributed by atoms with Crippen LogP contribution in [-0.4, -0.2) is 29.4 Å². The van der Waals surface area contributed by atoms with Gasteiger partial charge >= 0.3 is 0 Å². The summed E-state index contributed by atoms with van der Waals surface area (Å²) in [7, 11) is 1.50. The number of anilines is 1. The number of pyridine rings is 1. The Kier molecular flexibility index (Phi) is 5.64. The molecule has 132 valence electrons. The Morgan fingerprint density at radius 2 is 1.72 bits per heavy atom. The van der Waals surface area contributed by atoms with Crippen molar-refractivity contribution in [3.05, 3.63) is 52.8 Å². The van der Waals surface area contributed by atoms with Crippen LogP contribution < -0.4 is 15.4 Å². The minimum atomic E-state index is -0.418. The molecule has 1 aromatic heterocycles. The summed E-state index contributed by atoms with van der Waals surface area (Å²) in [5.74, 6) is -0.235. The van der Waals surface area contributed by atoms with Gasteiger partial charge in [-0.2, -0.15) is 0 Å².